The molecule has 4 heteroatoms. The van der Waals surface area contributed by atoms with Gasteiger partial charge in [0, 0.05) is 68.0 Å². The third kappa shape index (κ3) is 8.96. The minimum Gasteiger partial charge on any atom is 0 e. The Hall–Kier alpha value is 2.06. The Balaban J connectivity index is 0. The largest absolute Gasteiger partial charge is 0 e. The molecule has 0 aliphatic carbocycles. The van der Waals surface area contributed by atoms with E-state index in [1.165, 1.54) is 0 Å². The van der Waals surface area contributed by atoms with Gasteiger partial charge in [-0.05, 0) is 0 Å². The van der Waals surface area contributed by atoms with Gasteiger partial charge in [0.25, 0.3) is 0 Å². The molecule has 0 aromatic rings. The van der Waals surface area contributed by atoms with Crippen LogP contribution < -0.4 is 0 Å². The maximum atomic E-state index is 0. The summed E-state index contributed by atoms with van der Waals surface area (Å²) >= 11 is 0. The predicted molar refractivity (Wildman–Crippen MR) is 5.75 cm³/mol. The topological polar surface area (TPSA) is 0 Å². The number of rotatable bonds is 0. The van der Waals surface area contributed by atoms with Gasteiger partial charge in [-0.2, -0.15) is 0 Å². The van der Waals surface area contributed by atoms with Crippen LogP contribution in [0.2, 0.25) is 0 Å². The van der Waals surface area contributed by atoms with Crippen molar-refractivity contribution < 1.29 is 50.6 Å². The quantitative estimate of drug-likeness (QED) is 0.480. The third-order valence-corrected chi connectivity index (χ3v) is 0. The molecular formula is AlCu2Ni. The van der Waals surface area contributed by atoms with Crippen molar-refractivity contribution in [3.05, 3.63) is 0 Å². The van der Waals surface area contributed by atoms with Crippen LogP contribution in [0, 0.1) is 0 Å². The van der Waals surface area contributed by atoms with Gasteiger partial charge in [0.05, 0.1) is 0 Å². The molecule has 0 heterocycles. The van der Waals surface area contributed by atoms with Gasteiger partial charge in [0.15, 0.2) is 0 Å². The van der Waals surface area contributed by atoms with Gasteiger partial charge in [0.1, 0.15) is 0 Å². The fraction of sp³-hybridized carbons (Fsp3) is 0. The zero-order chi connectivity index (χ0) is 0. The van der Waals surface area contributed by atoms with Crippen molar-refractivity contribution >= 4 is 17.4 Å². The van der Waals surface area contributed by atoms with Crippen LogP contribution in [-0.2, 0) is 50.6 Å². The van der Waals surface area contributed by atoms with E-state index < -0.39 is 0 Å². The molecule has 0 spiro atoms. The van der Waals surface area contributed by atoms with E-state index in [-0.39, 0.29) is 68.0 Å². The van der Waals surface area contributed by atoms with E-state index in [1.54, 1.807) is 0 Å². The molecule has 0 aromatic heterocycles. The second kappa shape index (κ2) is 19.6. The molecule has 0 aliphatic rings. The van der Waals surface area contributed by atoms with Gasteiger partial charge < -0.3 is 0 Å². The summed E-state index contributed by atoms with van der Waals surface area (Å²) in [4.78, 5) is 0. The van der Waals surface area contributed by atoms with E-state index in [0.29, 0.717) is 0 Å². The molecule has 0 aliphatic heterocycles. The van der Waals surface area contributed by atoms with E-state index in [2.05, 4.69) is 0 Å². The Bertz CT molecular complexity index is 6.00. The molecule has 4 heavy (non-hydrogen) atoms. The molecule has 0 N–H and O–H groups in total. The molecule has 35 valence electrons. The molecule has 0 rings (SSSR count). The smallest absolute Gasteiger partial charge is 0 e. The SMILES string of the molecule is [Al].[Cu].[Cu].[Ni]. The minimum atomic E-state index is 0. The van der Waals surface area contributed by atoms with E-state index in [4.69, 9.17) is 0 Å². The first kappa shape index (κ1) is 36.5. The average Bonchev–Trinajstić information content (AvgIpc) is 0. The van der Waals surface area contributed by atoms with Crippen LogP contribution >= 0.6 is 0 Å². The molecule has 0 saturated carbocycles. The normalized spacial score (nSPS) is 0. The summed E-state index contributed by atoms with van der Waals surface area (Å²) in [7, 11) is 0. The average molecular weight is 213 g/mol. The standard InChI is InChI=1S/Al.2Cu.Ni. The van der Waals surface area contributed by atoms with Crippen molar-refractivity contribution in [3.63, 3.8) is 0 Å². The van der Waals surface area contributed by atoms with E-state index >= 15 is 0 Å². The van der Waals surface area contributed by atoms with E-state index in [9.17, 15) is 0 Å². The molecule has 5 radical (unpaired) electrons. The summed E-state index contributed by atoms with van der Waals surface area (Å²) < 4.78 is 0. The predicted octanol–water partition coefficient (Wildman–Crippen LogP) is -0.388. The summed E-state index contributed by atoms with van der Waals surface area (Å²) in [6, 6.07) is 0. The van der Waals surface area contributed by atoms with Crippen LogP contribution in [0.3, 0.4) is 0 Å². The van der Waals surface area contributed by atoms with Crippen molar-refractivity contribution in [1.29, 1.82) is 0 Å². The van der Waals surface area contributed by atoms with E-state index in [1.807, 2.05) is 0 Å². The Morgan fingerprint density at radius 1 is 0.750 bits per heavy atom. The monoisotopic (exact) mass is 211 g/mol. The molecule has 0 amide bonds. The van der Waals surface area contributed by atoms with Crippen LogP contribution in [0.15, 0.2) is 0 Å². The molecular weight excluding hydrogens is 213 g/mol. The van der Waals surface area contributed by atoms with Crippen LogP contribution in [0.1, 0.15) is 0 Å². The molecule has 0 fully saturated rings. The van der Waals surface area contributed by atoms with Crippen LogP contribution in [0.5, 0.6) is 0 Å². The molecule has 0 bridgehead atoms. The van der Waals surface area contributed by atoms with Crippen LogP contribution in [0.25, 0.3) is 0 Å². The van der Waals surface area contributed by atoms with Crippen LogP contribution in [0.4, 0.5) is 0 Å². The number of hydrogen-bond donors (Lipinski definition) is 0. The van der Waals surface area contributed by atoms with Gasteiger partial charge >= 0.3 is 0 Å². The Morgan fingerprint density at radius 2 is 0.750 bits per heavy atom. The van der Waals surface area contributed by atoms with E-state index in [0.717, 1.165) is 0 Å². The fourth-order valence-electron chi connectivity index (χ4n) is 0. The zero-order valence-electron chi connectivity index (χ0n) is 1.50. The summed E-state index contributed by atoms with van der Waals surface area (Å²) in [5, 5.41) is 0. The first-order chi connectivity index (χ1) is 0. The van der Waals surface area contributed by atoms with Crippen molar-refractivity contribution in [3.8, 4) is 0 Å². The van der Waals surface area contributed by atoms with Gasteiger partial charge in [-0.3, -0.25) is 0 Å². The molecule has 0 nitrogen and oxygen atoms in total. The summed E-state index contributed by atoms with van der Waals surface area (Å²) in [6.07, 6.45) is 0. The maximum absolute atomic E-state index is 0. The Labute approximate surface area is 67.5 Å². The first-order valence-corrected chi connectivity index (χ1v) is 0. The molecule has 0 aromatic carbocycles. The Morgan fingerprint density at radius 3 is 0.750 bits per heavy atom. The van der Waals surface area contributed by atoms with Crippen molar-refractivity contribution in [1.82, 2.24) is 0 Å². The zero-order valence-corrected chi connectivity index (χ0v) is 5.52. The van der Waals surface area contributed by atoms with Crippen molar-refractivity contribution in [2.24, 2.45) is 0 Å². The second-order valence-electron chi connectivity index (χ2n) is 0. The molecule has 0 atom stereocenters. The third-order valence-electron chi connectivity index (χ3n) is 0. The number of hydrogen-bond acceptors (Lipinski definition) is 0. The van der Waals surface area contributed by atoms with Crippen molar-refractivity contribution in [2.75, 3.05) is 0 Å². The van der Waals surface area contributed by atoms with Gasteiger partial charge in [0.2, 0.25) is 0 Å². The van der Waals surface area contributed by atoms with Crippen LogP contribution in [-0.4, -0.2) is 17.4 Å². The maximum Gasteiger partial charge on any atom is 0 e. The first-order valence-electron chi connectivity index (χ1n) is 0. The minimum absolute atomic E-state index is 0. The fourth-order valence-corrected chi connectivity index (χ4v) is 0. The van der Waals surface area contributed by atoms with Crippen molar-refractivity contribution in [2.45, 2.75) is 0 Å². The summed E-state index contributed by atoms with van der Waals surface area (Å²) in [5.74, 6) is 0. The van der Waals surface area contributed by atoms with Gasteiger partial charge in [-0.1, -0.05) is 0 Å². The Kier molecular flexibility index (Phi) is 179. The second-order valence-corrected chi connectivity index (χ2v) is 0. The summed E-state index contributed by atoms with van der Waals surface area (Å²) in [6.45, 7) is 0. The summed E-state index contributed by atoms with van der Waals surface area (Å²) in [5.41, 5.74) is 0. The van der Waals surface area contributed by atoms with Gasteiger partial charge in [-0.25, -0.2) is 0 Å². The van der Waals surface area contributed by atoms with Gasteiger partial charge in [-0.15, -0.1) is 0 Å². The molecule has 0 saturated heterocycles. The molecule has 0 unspecified atom stereocenters.